The fraction of sp³-hybridized carbons (Fsp3) is 0.250. The molecule has 0 saturated heterocycles. The number of aliphatic hydroxyl groups is 1. The molecule has 2 aromatic rings. The summed E-state index contributed by atoms with van der Waals surface area (Å²) in [7, 11) is 1.48. The van der Waals surface area contributed by atoms with Crippen LogP contribution in [0.1, 0.15) is 16.7 Å². The molecule has 1 unspecified atom stereocenters. The second-order valence-corrected chi connectivity index (χ2v) is 6.26. The van der Waals surface area contributed by atoms with Crippen molar-refractivity contribution >= 4 is 11.6 Å². The van der Waals surface area contributed by atoms with E-state index in [-0.39, 0.29) is 5.82 Å². The van der Waals surface area contributed by atoms with Gasteiger partial charge in [-0.3, -0.25) is 0 Å². The Morgan fingerprint density at radius 1 is 1.23 bits per heavy atom. The standard InChI is InChI=1S/C20H22FN3O2/c1-13-7-8-14(2)17(9-13)22-20-23-19(25)18(26-3)12-24(20)11-15-5-4-6-16(21)10-15/h4-10,12,19,25H,11H2,1-3H3,(H,22,23). The summed E-state index contributed by atoms with van der Waals surface area (Å²) in [5, 5.41) is 13.4. The molecule has 6 heteroatoms. The Morgan fingerprint density at radius 3 is 2.77 bits per heavy atom. The van der Waals surface area contributed by atoms with Gasteiger partial charge in [-0.1, -0.05) is 24.3 Å². The van der Waals surface area contributed by atoms with Crippen molar-refractivity contribution in [1.82, 2.24) is 4.90 Å². The first-order valence-corrected chi connectivity index (χ1v) is 8.33. The highest BCUT2D eigenvalue weighted by atomic mass is 19.1. The lowest BCUT2D eigenvalue weighted by molar-refractivity contribution is 0.124. The molecule has 2 N–H and O–H groups in total. The molecule has 0 amide bonds. The van der Waals surface area contributed by atoms with Gasteiger partial charge in [0.1, 0.15) is 5.82 Å². The van der Waals surface area contributed by atoms with Crippen LogP contribution in [0.25, 0.3) is 0 Å². The molecular formula is C20H22FN3O2. The van der Waals surface area contributed by atoms with Gasteiger partial charge in [-0.05, 0) is 48.7 Å². The van der Waals surface area contributed by atoms with E-state index in [9.17, 15) is 9.50 Å². The van der Waals surface area contributed by atoms with Crippen LogP contribution in [0.3, 0.4) is 0 Å². The fourth-order valence-electron chi connectivity index (χ4n) is 2.74. The van der Waals surface area contributed by atoms with Crippen LogP contribution in [0, 0.1) is 19.7 Å². The number of aliphatic hydroxyl groups excluding tert-OH is 1. The van der Waals surface area contributed by atoms with Crippen LogP contribution in [0.2, 0.25) is 0 Å². The number of anilines is 1. The van der Waals surface area contributed by atoms with Gasteiger partial charge in [-0.25, -0.2) is 9.38 Å². The largest absolute Gasteiger partial charge is 0.495 e. The van der Waals surface area contributed by atoms with E-state index in [4.69, 9.17) is 4.74 Å². The normalized spacial score (nSPS) is 16.8. The maximum absolute atomic E-state index is 13.5. The van der Waals surface area contributed by atoms with Gasteiger partial charge in [0, 0.05) is 11.9 Å². The monoisotopic (exact) mass is 355 g/mol. The highest BCUT2D eigenvalue weighted by Crippen LogP contribution is 2.22. The van der Waals surface area contributed by atoms with Crippen LogP contribution in [0.4, 0.5) is 10.1 Å². The lowest BCUT2D eigenvalue weighted by atomic mass is 10.1. The third kappa shape index (κ3) is 4.03. The third-order valence-corrected chi connectivity index (χ3v) is 4.17. The van der Waals surface area contributed by atoms with Crippen molar-refractivity contribution in [3.63, 3.8) is 0 Å². The van der Waals surface area contributed by atoms with E-state index in [1.165, 1.54) is 19.2 Å². The number of rotatable bonds is 4. The number of nitrogens with zero attached hydrogens (tertiary/aromatic N) is 2. The number of guanidine groups is 1. The predicted octanol–water partition coefficient (Wildman–Crippen LogP) is 3.53. The SMILES string of the molecule is COC1=CN(Cc2cccc(F)c2)C(Nc2cc(C)ccc2C)=NC1O. The molecular weight excluding hydrogens is 333 g/mol. The van der Waals surface area contributed by atoms with Crippen molar-refractivity contribution in [1.29, 1.82) is 0 Å². The summed E-state index contributed by atoms with van der Waals surface area (Å²) in [4.78, 5) is 6.09. The van der Waals surface area contributed by atoms with Gasteiger partial charge < -0.3 is 20.1 Å². The molecule has 0 bridgehead atoms. The van der Waals surface area contributed by atoms with Crippen molar-refractivity contribution < 1.29 is 14.2 Å². The molecule has 1 aliphatic rings. The van der Waals surface area contributed by atoms with Crippen molar-refractivity contribution in [2.24, 2.45) is 4.99 Å². The molecule has 1 heterocycles. The minimum Gasteiger partial charge on any atom is -0.495 e. The number of methoxy groups -OCH3 is 1. The quantitative estimate of drug-likeness (QED) is 0.881. The molecule has 0 spiro atoms. The Kier molecular flexibility index (Phi) is 5.23. The molecule has 1 aliphatic heterocycles. The lowest BCUT2D eigenvalue weighted by Crippen LogP contribution is -2.38. The fourth-order valence-corrected chi connectivity index (χ4v) is 2.74. The smallest absolute Gasteiger partial charge is 0.208 e. The van der Waals surface area contributed by atoms with Gasteiger partial charge in [0.15, 0.2) is 5.76 Å². The summed E-state index contributed by atoms with van der Waals surface area (Å²) in [5.41, 5.74) is 3.85. The van der Waals surface area contributed by atoms with Crippen LogP contribution in [0.15, 0.2) is 59.4 Å². The molecule has 3 rings (SSSR count). The Labute approximate surface area is 152 Å². The molecule has 0 radical (unpaired) electrons. The lowest BCUT2D eigenvalue weighted by Gasteiger charge is -2.29. The van der Waals surface area contributed by atoms with Gasteiger partial charge in [-0.2, -0.15) is 0 Å². The summed E-state index contributed by atoms with van der Waals surface area (Å²) in [6.45, 7) is 4.39. The van der Waals surface area contributed by atoms with E-state index in [1.54, 1.807) is 17.2 Å². The molecule has 136 valence electrons. The Bertz CT molecular complexity index is 864. The van der Waals surface area contributed by atoms with E-state index >= 15 is 0 Å². The summed E-state index contributed by atoms with van der Waals surface area (Å²) in [6.07, 6.45) is 0.590. The van der Waals surface area contributed by atoms with Crippen molar-refractivity contribution in [3.8, 4) is 0 Å². The van der Waals surface area contributed by atoms with Gasteiger partial charge >= 0.3 is 0 Å². The van der Waals surface area contributed by atoms with Crippen molar-refractivity contribution in [3.05, 3.63) is 76.9 Å². The van der Waals surface area contributed by atoms with E-state index < -0.39 is 6.23 Å². The average molecular weight is 355 g/mol. The Morgan fingerprint density at radius 2 is 2.04 bits per heavy atom. The van der Waals surface area contributed by atoms with Crippen molar-refractivity contribution in [2.75, 3.05) is 12.4 Å². The zero-order valence-corrected chi connectivity index (χ0v) is 15.0. The number of halogens is 1. The number of ether oxygens (including phenoxy) is 1. The van der Waals surface area contributed by atoms with E-state index in [0.29, 0.717) is 18.3 Å². The second kappa shape index (κ2) is 7.58. The van der Waals surface area contributed by atoms with Gasteiger partial charge in [0.05, 0.1) is 13.7 Å². The molecule has 0 aromatic heterocycles. The average Bonchev–Trinajstić information content (AvgIpc) is 2.60. The molecule has 2 aromatic carbocycles. The molecule has 26 heavy (non-hydrogen) atoms. The first kappa shape index (κ1) is 17.9. The minimum atomic E-state index is -1.09. The summed E-state index contributed by atoms with van der Waals surface area (Å²) >= 11 is 0. The molecule has 1 atom stereocenters. The summed E-state index contributed by atoms with van der Waals surface area (Å²) in [5.74, 6) is 0.501. The number of aliphatic imine (C=N–C) groups is 1. The van der Waals surface area contributed by atoms with Gasteiger partial charge in [0.2, 0.25) is 12.2 Å². The number of benzene rings is 2. The van der Waals surface area contributed by atoms with Crippen LogP contribution in [-0.4, -0.2) is 29.3 Å². The van der Waals surface area contributed by atoms with E-state index in [1.807, 2.05) is 38.1 Å². The van der Waals surface area contributed by atoms with Gasteiger partial charge in [-0.15, -0.1) is 0 Å². The van der Waals surface area contributed by atoms with Crippen LogP contribution < -0.4 is 5.32 Å². The minimum absolute atomic E-state index is 0.295. The molecule has 0 fully saturated rings. The molecule has 0 aliphatic carbocycles. The van der Waals surface area contributed by atoms with Crippen LogP contribution in [-0.2, 0) is 11.3 Å². The number of nitrogens with one attached hydrogen (secondary N) is 1. The zero-order valence-electron chi connectivity index (χ0n) is 15.0. The first-order valence-electron chi connectivity index (χ1n) is 8.33. The van der Waals surface area contributed by atoms with Crippen LogP contribution in [0.5, 0.6) is 0 Å². The third-order valence-electron chi connectivity index (χ3n) is 4.17. The number of aryl methyl sites for hydroxylation is 2. The molecule has 0 saturated carbocycles. The summed E-state index contributed by atoms with van der Waals surface area (Å²) in [6, 6.07) is 12.4. The summed E-state index contributed by atoms with van der Waals surface area (Å²) < 4.78 is 18.7. The first-order chi connectivity index (χ1) is 12.5. The van der Waals surface area contributed by atoms with Crippen molar-refractivity contribution in [2.45, 2.75) is 26.6 Å². The number of hydrogen-bond donors (Lipinski definition) is 2. The maximum atomic E-state index is 13.5. The van der Waals surface area contributed by atoms with Gasteiger partial charge in [0.25, 0.3) is 0 Å². The maximum Gasteiger partial charge on any atom is 0.208 e. The highest BCUT2D eigenvalue weighted by Gasteiger charge is 2.23. The Balaban J connectivity index is 1.90. The number of hydrogen-bond acceptors (Lipinski definition) is 5. The topological polar surface area (TPSA) is 57.1 Å². The van der Waals surface area contributed by atoms with Crippen LogP contribution >= 0.6 is 0 Å². The van der Waals surface area contributed by atoms with E-state index in [0.717, 1.165) is 22.4 Å². The zero-order chi connectivity index (χ0) is 18.7. The van der Waals surface area contributed by atoms with E-state index in [2.05, 4.69) is 10.3 Å². The highest BCUT2D eigenvalue weighted by molar-refractivity contribution is 5.95. The predicted molar refractivity (Wildman–Crippen MR) is 100 cm³/mol. The Hall–Kier alpha value is -2.86. The second-order valence-electron chi connectivity index (χ2n) is 6.26. The molecule has 5 nitrogen and oxygen atoms in total.